The van der Waals surface area contributed by atoms with E-state index in [1.807, 2.05) is 4.98 Å². The van der Waals surface area contributed by atoms with Crippen LogP contribution in [-0.2, 0) is 35.3 Å². The predicted molar refractivity (Wildman–Crippen MR) is 133 cm³/mol. The molecule has 4 rings (SSSR count). The monoisotopic (exact) mass is 585 g/mol. The summed E-state index contributed by atoms with van der Waals surface area (Å²) in [6.45, 7) is 0.936. The highest BCUT2D eigenvalue weighted by Crippen LogP contribution is 2.38. The highest BCUT2D eigenvalue weighted by Gasteiger charge is 2.37. The number of aryl methyl sites for hydroxylation is 1. The van der Waals surface area contributed by atoms with Crippen LogP contribution in [0.25, 0.3) is 11.4 Å². The lowest BCUT2D eigenvalue weighted by molar-refractivity contribution is -0.137. The topological polar surface area (TPSA) is 84.1 Å². The number of aromatic nitrogens is 2. The molecule has 1 saturated carbocycles. The van der Waals surface area contributed by atoms with Gasteiger partial charge in [-0.1, -0.05) is 19.1 Å². The van der Waals surface area contributed by atoms with Crippen LogP contribution in [-0.4, -0.2) is 22.0 Å². The van der Waals surface area contributed by atoms with E-state index in [0.29, 0.717) is 31.7 Å². The number of benzene rings is 2. The van der Waals surface area contributed by atoms with Gasteiger partial charge in [-0.2, -0.15) is 17.6 Å². The molecule has 1 aliphatic rings. The van der Waals surface area contributed by atoms with Gasteiger partial charge in [-0.15, -0.1) is 0 Å². The van der Waals surface area contributed by atoms with Gasteiger partial charge >= 0.3 is 6.18 Å². The van der Waals surface area contributed by atoms with E-state index in [1.165, 1.54) is 13.0 Å². The molecule has 1 aromatic heterocycles. The van der Waals surface area contributed by atoms with E-state index in [4.69, 9.17) is 4.74 Å². The summed E-state index contributed by atoms with van der Waals surface area (Å²) in [7, 11) is 0. The maximum absolute atomic E-state index is 15.5. The van der Waals surface area contributed by atoms with Crippen LogP contribution in [0, 0.1) is 29.2 Å². The number of H-pyrrole nitrogens is 1. The molecule has 1 aliphatic carbocycles. The van der Waals surface area contributed by atoms with Gasteiger partial charge in [0.1, 0.15) is 23.3 Å². The number of alkyl halides is 3. The van der Waals surface area contributed by atoms with Gasteiger partial charge in [0.15, 0.2) is 0 Å². The van der Waals surface area contributed by atoms with Gasteiger partial charge in [0.2, 0.25) is 11.7 Å². The van der Waals surface area contributed by atoms with Crippen molar-refractivity contribution in [2.45, 2.75) is 64.5 Å². The molecular formula is C28H26F7N3O3. The van der Waals surface area contributed by atoms with Crippen LogP contribution in [0.15, 0.2) is 35.1 Å². The molecule has 0 unspecified atom stereocenters. The molecule has 0 atom stereocenters. The number of carbonyl (C=O) groups is 1. The summed E-state index contributed by atoms with van der Waals surface area (Å²) in [6.07, 6.45) is -3.62. The number of aromatic amines is 1. The number of rotatable bonds is 8. The molecule has 0 saturated heterocycles. The molecule has 0 aliphatic heterocycles. The average molecular weight is 586 g/mol. The summed E-state index contributed by atoms with van der Waals surface area (Å²) >= 11 is 0. The second-order valence-electron chi connectivity index (χ2n) is 9.73. The van der Waals surface area contributed by atoms with E-state index < -0.39 is 76.0 Å². The Labute approximate surface area is 230 Å². The first-order valence-corrected chi connectivity index (χ1v) is 12.9. The standard InChI is InChI=1S/C28H26F7N3O3/c1-2-21-24(32)27(40)38-25(37-21)22-19(28(33,34)35)10-6-15(23(22)31)12-36-26(39)14-4-8-18(9-5-14)41-13-16-3-7-17(29)11-20(16)30/h3,6-7,10-11,14,18H,2,4-5,8-9,12-13H2,1H3,(H,36,39)(H,37,38,40). The van der Waals surface area contributed by atoms with Crippen LogP contribution >= 0.6 is 0 Å². The van der Waals surface area contributed by atoms with E-state index in [1.54, 1.807) is 0 Å². The normalized spacial score (nSPS) is 17.5. The van der Waals surface area contributed by atoms with E-state index in [-0.39, 0.29) is 30.3 Å². The van der Waals surface area contributed by atoms with Crippen molar-refractivity contribution < 1.29 is 40.3 Å². The van der Waals surface area contributed by atoms with Crippen LogP contribution in [0.3, 0.4) is 0 Å². The first-order valence-electron chi connectivity index (χ1n) is 12.9. The number of halogens is 7. The van der Waals surface area contributed by atoms with Crippen molar-refractivity contribution in [2.24, 2.45) is 5.92 Å². The van der Waals surface area contributed by atoms with Crippen molar-refractivity contribution in [2.75, 3.05) is 0 Å². The second kappa shape index (κ2) is 12.4. The van der Waals surface area contributed by atoms with Crippen molar-refractivity contribution in [1.29, 1.82) is 0 Å². The van der Waals surface area contributed by atoms with Crippen LogP contribution in [0.5, 0.6) is 0 Å². The quantitative estimate of drug-likeness (QED) is 0.320. The molecule has 13 heteroatoms. The zero-order valence-electron chi connectivity index (χ0n) is 21.8. The number of nitrogens with one attached hydrogen (secondary N) is 2. The van der Waals surface area contributed by atoms with Crippen LogP contribution in [0.2, 0.25) is 0 Å². The van der Waals surface area contributed by atoms with Crippen molar-refractivity contribution in [3.05, 3.63) is 86.3 Å². The summed E-state index contributed by atoms with van der Waals surface area (Å²) in [4.78, 5) is 30.3. The Morgan fingerprint density at radius 1 is 1.02 bits per heavy atom. The van der Waals surface area contributed by atoms with Gasteiger partial charge in [-0.3, -0.25) is 9.59 Å². The average Bonchev–Trinajstić information content (AvgIpc) is 2.92. The van der Waals surface area contributed by atoms with Crippen molar-refractivity contribution >= 4 is 5.91 Å². The van der Waals surface area contributed by atoms with Crippen LogP contribution in [0.1, 0.15) is 55.0 Å². The minimum Gasteiger partial charge on any atom is -0.373 e. The Bertz CT molecular complexity index is 1480. The van der Waals surface area contributed by atoms with Crippen molar-refractivity contribution in [3.8, 4) is 11.4 Å². The molecule has 1 fully saturated rings. The highest BCUT2D eigenvalue weighted by atomic mass is 19.4. The van der Waals surface area contributed by atoms with Gasteiger partial charge in [-0.05, 0) is 44.2 Å². The molecule has 41 heavy (non-hydrogen) atoms. The maximum atomic E-state index is 15.5. The third-order valence-electron chi connectivity index (χ3n) is 7.02. The van der Waals surface area contributed by atoms with Gasteiger partial charge in [0.05, 0.1) is 29.5 Å². The molecule has 0 bridgehead atoms. The Kier molecular flexibility index (Phi) is 9.15. The Morgan fingerprint density at radius 2 is 1.71 bits per heavy atom. The van der Waals surface area contributed by atoms with Crippen LogP contribution < -0.4 is 10.9 Å². The summed E-state index contributed by atoms with van der Waals surface area (Å²) in [5.74, 6) is -5.71. The second-order valence-corrected chi connectivity index (χ2v) is 9.73. The summed E-state index contributed by atoms with van der Waals surface area (Å²) in [5, 5.41) is 2.54. The fourth-order valence-electron chi connectivity index (χ4n) is 4.75. The Hall–Kier alpha value is -3.74. The van der Waals surface area contributed by atoms with Crippen molar-refractivity contribution in [3.63, 3.8) is 0 Å². The number of hydrogen-bond acceptors (Lipinski definition) is 4. The van der Waals surface area contributed by atoms with E-state index in [0.717, 1.165) is 18.2 Å². The largest absolute Gasteiger partial charge is 0.417 e. The molecule has 2 N–H and O–H groups in total. The summed E-state index contributed by atoms with van der Waals surface area (Å²) in [5.41, 5.74) is -4.30. The third-order valence-corrected chi connectivity index (χ3v) is 7.02. The zero-order valence-corrected chi connectivity index (χ0v) is 21.8. The minimum atomic E-state index is -5.01. The molecule has 220 valence electrons. The van der Waals surface area contributed by atoms with E-state index >= 15 is 4.39 Å². The van der Waals surface area contributed by atoms with E-state index in [2.05, 4.69) is 10.3 Å². The third kappa shape index (κ3) is 6.95. The van der Waals surface area contributed by atoms with E-state index in [9.17, 15) is 35.9 Å². The molecule has 2 aromatic carbocycles. The van der Waals surface area contributed by atoms with Gasteiger partial charge < -0.3 is 15.0 Å². The molecule has 1 amide bonds. The van der Waals surface area contributed by atoms with Crippen molar-refractivity contribution in [1.82, 2.24) is 15.3 Å². The Balaban J connectivity index is 1.42. The fraction of sp³-hybridized carbons (Fsp3) is 0.393. The molecule has 0 radical (unpaired) electrons. The zero-order chi connectivity index (χ0) is 29.9. The number of amides is 1. The first kappa shape index (κ1) is 30.2. The molecular weight excluding hydrogens is 559 g/mol. The summed E-state index contributed by atoms with van der Waals surface area (Å²) < 4.78 is 103. The molecule has 0 spiro atoms. The predicted octanol–water partition coefficient (Wildman–Crippen LogP) is 5.97. The lowest BCUT2D eigenvalue weighted by Crippen LogP contribution is -2.34. The molecule has 3 aromatic rings. The number of ether oxygens (including phenoxy) is 1. The number of hydrogen-bond donors (Lipinski definition) is 2. The number of carbonyl (C=O) groups excluding carboxylic acids is 1. The lowest BCUT2D eigenvalue weighted by atomic mass is 9.86. The SMILES string of the molecule is CCc1nc(-c2c(C(F)(F)F)ccc(CNC(=O)C3CCC(OCc4ccc(F)cc4F)CC3)c2F)[nH]c(=O)c1F. The molecule has 1 heterocycles. The molecule has 6 nitrogen and oxygen atoms in total. The fourth-order valence-corrected chi connectivity index (χ4v) is 4.75. The lowest BCUT2D eigenvalue weighted by Gasteiger charge is -2.28. The van der Waals surface area contributed by atoms with Gasteiger partial charge in [-0.25, -0.2) is 18.2 Å². The van der Waals surface area contributed by atoms with Crippen LogP contribution in [0.4, 0.5) is 30.7 Å². The minimum absolute atomic E-state index is 0.0584. The number of nitrogens with zero attached hydrogens (tertiary/aromatic N) is 1. The first-order chi connectivity index (χ1) is 19.4. The maximum Gasteiger partial charge on any atom is 0.417 e. The Morgan fingerprint density at radius 3 is 2.34 bits per heavy atom. The smallest absolute Gasteiger partial charge is 0.373 e. The highest BCUT2D eigenvalue weighted by molar-refractivity contribution is 5.78. The summed E-state index contributed by atoms with van der Waals surface area (Å²) in [6, 6.07) is 4.68. The van der Waals surface area contributed by atoms with Gasteiger partial charge in [0, 0.05) is 29.7 Å². The van der Waals surface area contributed by atoms with Gasteiger partial charge in [0.25, 0.3) is 5.56 Å².